The van der Waals surface area contributed by atoms with E-state index < -0.39 is 32.7 Å². The summed E-state index contributed by atoms with van der Waals surface area (Å²) in [6.07, 6.45) is -2.30. The average molecular weight is 594 g/mol. The number of carbonyl (C=O) groups excluding carboxylic acids is 1. The Labute approximate surface area is 237 Å². The minimum Gasteiger partial charge on any atom is -0.349 e. The molecule has 3 N–H and O–H groups in total. The smallest absolute Gasteiger partial charge is 0.349 e. The molecule has 6 nitrogen and oxygen atoms in total. The molecule has 0 bridgehead atoms. The number of nitrogens with one attached hydrogen (secondary N) is 3. The minimum absolute atomic E-state index is 0.00590. The first-order valence-electron chi connectivity index (χ1n) is 13.1. The molecule has 1 heterocycles. The van der Waals surface area contributed by atoms with Crippen molar-refractivity contribution in [1.29, 1.82) is 0 Å². The summed E-state index contributed by atoms with van der Waals surface area (Å²) in [4.78, 5) is 12.7. The molecule has 1 amide bonds. The largest absolute Gasteiger partial charge is 0.416 e. The molecule has 1 aromatic heterocycles. The summed E-state index contributed by atoms with van der Waals surface area (Å²) in [7, 11) is -4.35. The van der Waals surface area contributed by atoms with Crippen molar-refractivity contribution in [3.63, 3.8) is 0 Å². The van der Waals surface area contributed by atoms with Crippen molar-refractivity contribution in [2.75, 3.05) is 0 Å². The second-order valence-electron chi connectivity index (χ2n) is 11.1. The van der Waals surface area contributed by atoms with E-state index in [9.17, 15) is 26.4 Å². The second-order valence-corrected chi connectivity index (χ2v) is 13.6. The summed E-state index contributed by atoms with van der Waals surface area (Å²) in [6.45, 7) is 7.07. The minimum atomic E-state index is -4.68. The maximum absolute atomic E-state index is 13.2. The summed E-state index contributed by atoms with van der Waals surface area (Å²) in [5.74, 6) is -0.348. The van der Waals surface area contributed by atoms with Crippen molar-refractivity contribution in [2.24, 2.45) is 0 Å². The summed E-state index contributed by atoms with van der Waals surface area (Å²) in [6, 6.07) is 10.4. The van der Waals surface area contributed by atoms with Crippen molar-refractivity contribution in [3.8, 4) is 0 Å². The Kier molecular flexibility index (Phi) is 9.08. The van der Waals surface area contributed by atoms with Gasteiger partial charge in [-0.3, -0.25) is 4.79 Å². The van der Waals surface area contributed by atoms with Gasteiger partial charge >= 0.3 is 6.18 Å². The standard InChI is InChI=1S/C29H34F3N3O3S2/c1-28(2,3)33-17-19-10-11-24-20(14-19)6-4-9-25(24)34-27(36)16-26(21-12-13-39-18-21)35-40(37,38)23-8-5-7-22(15-23)29(30,31)32/h5,7-8,10-15,18,25-26,33,35H,4,6,9,16-17H2,1-3H3,(H,34,36). The first-order chi connectivity index (χ1) is 18.7. The number of sulfonamides is 1. The van der Waals surface area contributed by atoms with Crippen LogP contribution in [0.2, 0.25) is 0 Å². The topological polar surface area (TPSA) is 87.3 Å². The van der Waals surface area contributed by atoms with E-state index in [0.29, 0.717) is 11.6 Å². The van der Waals surface area contributed by atoms with Crippen LogP contribution in [0.5, 0.6) is 0 Å². The third-order valence-electron chi connectivity index (χ3n) is 6.78. The lowest BCUT2D eigenvalue weighted by Crippen LogP contribution is -2.36. The summed E-state index contributed by atoms with van der Waals surface area (Å²) >= 11 is 1.34. The maximum Gasteiger partial charge on any atom is 0.416 e. The van der Waals surface area contributed by atoms with Gasteiger partial charge < -0.3 is 10.6 Å². The van der Waals surface area contributed by atoms with Crippen LogP contribution in [0.25, 0.3) is 0 Å². The monoisotopic (exact) mass is 593 g/mol. The van der Waals surface area contributed by atoms with Crippen LogP contribution in [0.1, 0.15) is 79.9 Å². The van der Waals surface area contributed by atoms with E-state index in [1.807, 2.05) is 6.07 Å². The predicted molar refractivity (Wildman–Crippen MR) is 150 cm³/mol. The van der Waals surface area contributed by atoms with Gasteiger partial charge in [0.25, 0.3) is 0 Å². The SMILES string of the molecule is CC(C)(C)NCc1ccc2c(c1)CCCC2NC(=O)CC(NS(=O)(=O)c1cccc(C(F)(F)F)c1)c1ccsc1. The van der Waals surface area contributed by atoms with Gasteiger partial charge in [-0.1, -0.05) is 24.3 Å². The van der Waals surface area contributed by atoms with Gasteiger partial charge in [0, 0.05) is 18.5 Å². The molecule has 2 unspecified atom stereocenters. The number of rotatable bonds is 9. The number of thiophene rings is 1. The molecule has 4 rings (SSSR count). The molecule has 0 spiro atoms. The molecule has 2 atom stereocenters. The number of halogens is 3. The van der Waals surface area contributed by atoms with Crippen LogP contribution in [0.3, 0.4) is 0 Å². The highest BCUT2D eigenvalue weighted by Gasteiger charge is 2.33. The van der Waals surface area contributed by atoms with E-state index in [2.05, 4.69) is 48.3 Å². The third kappa shape index (κ3) is 7.93. The lowest BCUT2D eigenvalue weighted by molar-refractivity contribution is -0.137. The number of hydrogen-bond acceptors (Lipinski definition) is 5. The highest BCUT2D eigenvalue weighted by atomic mass is 32.2. The summed E-state index contributed by atoms with van der Waals surface area (Å²) in [5.41, 5.74) is 2.90. The Balaban J connectivity index is 1.48. The summed E-state index contributed by atoms with van der Waals surface area (Å²) in [5, 5.41) is 10.0. The molecule has 0 aliphatic heterocycles. The Morgan fingerprint density at radius 3 is 2.55 bits per heavy atom. The van der Waals surface area contributed by atoms with Gasteiger partial charge in [-0.15, -0.1) is 0 Å². The molecule has 11 heteroatoms. The van der Waals surface area contributed by atoms with Crippen LogP contribution >= 0.6 is 11.3 Å². The normalized spacial score (nSPS) is 16.8. The fourth-order valence-corrected chi connectivity index (χ4v) is 6.71. The zero-order chi connectivity index (χ0) is 29.1. The van der Waals surface area contributed by atoms with Crippen LogP contribution in [0.4, 0.5) is 13.2 Å². The van der Waals surface area contributed by atoms with Gasteiger partial charge in [-0.05, 0) is 97.3 Å². The predicted octanol–water partition coefficient (Wildman–Crippen LogP) is 6.26. The van der Waals surface area contributed by atoms with Crippen LogP contribution in [0.15, 0.2) is 64.2 Å². The quantitative estimate of drug-likeness (QED) is 0.273. The van der Waals surface area contributed by atoms with Gasteiger partial charge in [-0.25, -0.2) is 13.1 Å². The number of benzene rings is 2. The van der Waals surface area contributed by atoms with Crippen molar-refractivity contribution < 1.29 is 26.4 Å². The Morgan fingerprint density at radius 2 is 1.88 bits per heavy atom. The maximum atomic E-state index is 13.2. The van der Waals surface area contributed by atoms with Gasteiger partial charge in [0.05, 0.1) is 22.5 Å². The Morgan fingerprint density at radius 1 is 1.10 bits per heavy atom. The zero-order valence-corrected chi connectivity index (χ0v) is 24.3. The second kappa shape index (κ2) is 12.0. The number of carbonyl (C=O) groups is 1. The van der Waals surface area contributed by atoms with Crippen molar-refractivity contribution in [3.05, 3.63) is 87.1 Å². The number of fused-ring (bicyclic) bond motifs is 1. The number of aryl methyl sites for hydroxylation is 1. The summed E-state index contributed by atoms with van der Waals surface area (Å²) < 4.78 is 68.2. The Hall–Kier alpha value is -2.73. The van der Waals surface area contributed by atoms with E-state index in [-0.39, 0.29) is 23.9 Å². The molecule has 1 aliphatic rings. The highest BCUT2D eigenvalue weighted by Crippen LogP contribution is 2.33. The molecule has 0 radical (unpaired) electrons. The lowest BCUT2D eigenvalue weighted by atomic mass is 9.86. The fourth-order valence-electron chi connectivity index (χ4n) is 4.73. The van der Waals surface area contributed by atoms with Crippen molar-refractivity contribution >= 4 is 27.3 Å². The molecule has 1 aliphatic carbocycles. The molecule has 0 saturated carbocycles. The van der Waals surface area contributed by atoms with E-state index in [4.69, 9.17) is 0 Å². The number of amides is 1. The van der Waals surface area contributed by atoms with E-state index in [0.717, 1.165) is 49.6 Å². The molecule has 3 aromatic rings. The zero-order valence-electron chi connectivity index (χ0n) is 22.6. The molecule has 2 aromatic carbocycles. The molecule has 0 fully saturated rings. The van der Waals surface area contributed by atoms with Crippen LogP contribution in [-0.2, 0) is 34.0 Å². The van der Waals surface area contributed by atoms with E-state index >= 15 is 0 Å². The van der Waals surface area contributed by atoms with Gasteiger partial charge in [0.1, 0.15) is 0 Å². The average Bonchev–Trinajstić information content (AvgIpc) is 3.41. The number of hydrogen-bond donors (Lipinski definition) is 3. The fraction of sp³-hybridized carbons (Fsp3) is 0.414. The van der Waals surface area contributed by atoms with Gasteiger partial charge in [0.15, 0.2) is 0 Å². The van der Waals surface area contributed by atoms with Crippen LogP contribution in [-0.4, -0.2) is 19.9 Å². The highest BCUT2D eigenvalue weighted by molar-refractivity contribution is 7.89. The third-order valence-corrected chi connectivity index (χ3v) is 8.95. The van der Waals surface area contributed by atoms with Crippen LogP contribution < -0.4 is 15.4 Å². The molecule has 216 valence electrons. The number of alkyl halides is 3. The van der Waals surface area contributed by atoms with Crippen LogP contribution in [0, 0.1) is 0 Å². The molecule has 40 heavy (non-hydrogen) atoms. The first-order valence-corrected chi connectivity index (χ1v) is 15.5. The molecule has 0 saturated heterocycles. The molecular formula is C29H34F3N3O3S2. The van der Waals surface area contributed by atoms with E-state index in [1.54, 1.807) is 16.8 Å². The van der Waals surface area contributed by atoms with Gasteiger partial charge in [0.2, 0.25) is 15.9 Å². The Bertz CT molecular complexity index is 1430. The van der Waals surface area contributed by atoms with E-state index in [1.165, 1.54) is 22.5 Å². The first kappa shape index (κ1) is 30.2. The van der Waals surface area contributed by atoms with Crippen molar-refractivity contribution in [2.45, 2.75) is 81.7 Å². The van der Waals surface area contributed by atoms with Gasteiger partial charge in [-0.2, -0.15) is 24.5 Å². The molecular weight excluding hydrogens is 559 g/mol. The van der Waals surface area contributed by atoms with Crippen molar-refractivity contribution in [1.82, 2.24) is 15.4 Å². The lowest BCUT2D eigenvalue weighted by Gasteiger charge is -2.28.